The Morgan fingerprint density at radius 3 is 2.38 bits per heavy atom. The van der Waals surface area contributed by atoms with Crippen LogP contribution in [0.5, 0.6) is 0 Å². The molecule has 1 amide bonds. The van der Waals surface area contributed by atoms with Crippen molar-refractivity contribution in [1.29, 1.82) is 0 Å². The molecule has 0 unspecified atom stereocenters. The standard InChI is InChI=1S/C10H4Cl2F4N2O2S/c11-9(12,13)21-6-3-1-2-5(8(20)17-4-19)7(6)18-10(14,15)16/h1-3,18H. The lowest BCUT2D eigenvalue weighted by molar-refractivity contribution is -0.100. The van der Waals surface area contributed by atoms with Crippen molar-refractivity contribution in [2.75, 3.05) is 5.32 Å². The topological polar surface area (TPSA) is 58.5 Å². The summed E-state index contributed by atoms with van der Waals surface area (Å²) in [6.45, 7) is 0. The third-order valence-corrected chi connectivity index (χ3v) is 3.15. The van der Waals surface area contributed by atoms with Gasteiger partial charge in [-0.05, 0) is 12.1 Å². The summed E-state index contributed by atoms with van der Waals surface area (Å²) in [6.07, 6.45) is -4.02. The number of benzene rings is 1. The van der Waals surface area contributed by atoms with E-state index in [1.165, 1.54) is 0 Å². The van der Waals surface area contributed by atoms with Crippen LogP contribution in [0.1, 0.15) is 10.4 Å². The molecule has 0 bridgehead atoms. The molecule has 114 valence electrons. The Kier molecular flexibility index (Phi) is 5.63. The van der Waals surface area contributed by atoms with Crippen molar-refractivity contribution in [1.82, 2.24) is 0 Å². The second-order valence-corrected chi connectivity index (χ2v) is 6.25. The molecule has 0 aromatic heterocycles. The molecule has 0 fully saturated rings. The third kappa shape index (κ3) is 5.92. The molecule has 11 heteroatoms. The molecule has 1 aromatic carbocycles. The Bertz CT molecular complexity index is 598. The van der Waals surface area contributed by atoms with Gasteiger partial charge in [0.1, 0.15) is 0 Å². The number of halogens is 6. The van der Waals surface area contributed by atoms with Crippen LogP contribution in [0, 0.1) is 0 Å². The van der Waals surface area contributed by atoms with E-state index in [4.69, 9.17) is 23.2 Å². The normalized spacial score (nSPS) is 11.7. The van der Waals surface area contributed by atoms with E-state index < -0.39 is 32.3 Å². The van der Waals surface area contributed by atoms with E-state index in [1.54, 1.807) is 0 Å². The van der Waals surface area contributed by atoms with Crippen molar-refractivity contribution < 1.29 is 27.2 Å². The SMILES string of the molecule is O=C=NC(=O)c1cccc(SC(F)(Cl)Cl)c1NC(F)(F)F. The summed E-state index contributed by atoms with van der Waals surface area (Å²) in [6, 6.07) is 3.17. The van der Waals surface area contributed by atoms with Gasteiger partial charge >= 0.3 is 10.2 Å². The number of carbonyl (C=O) groups excluding carboxylic acids is 2. The molecule has 0 atom stereocenters. The number of anilines is 1. The van der Waals surface area contributed by atoms with Crippen LogP contribution in [0.3, 0.4) is 0 Å². The van der Waals surface area contributed by atoms with Gasteiger partial charge in [-0.2, -0.15) is 17.6 Å². The quantitative estimate of drug-likeness (QED) is 0.217. The zero-order valence-corrected chi connectivity index (χ0v) is 12.0. The van der Waals surface area contributed by atoms with Crippen molar-refractivity contribution in [3.63, 3.8) is 0 Å². The lowest BCUT2D eigenvalue weighted by atomic mass is 10.1. The van der Waals surface area contributed by atoms with E-state index in [0.717, 1.165) is 29.6 Å². The Morgan fingerprint density at radius 1 is 1.29 bits per heavy atom. The first-order valence-corrected chi connectivity index (χ1v) is 6.46. The second-order valence-electron chi connectivity index (χ2n) is 3.36. The molecule has 0 aliphatic heterocycles. The zero-order chi connectivity index (χ0) is 16.3. The molecule has 4 nitrogen and oxygen atoms in total. The predicted molar refractivity (Wildman–Crippen MR) is 70.0 cm³/mol. The molecule has 1 rings (SSSR count). The maximum Gasteiger partial charge on any atom is 0.482 e. The minimum Gasteiger partial charge on any atom is -0.296 e. The number of alkyl halides is 6. The molecule has 0 spiro atoms. The van der Waals surface area contributed by atoms with Gasteiger partial charge in [-0.25, -0.2) is 4.79 Å². The number of rotatable bonds is 4. The number of nitrogens with one attached hydrogen (secondary N) is 1. The smallest absolute Gasteiger partial charge is 0.296 e. The Morgan fingerprint density at radius 2 is 1.90 bits per heavy atom. The number of para-hydroxylation sites is 1. The van der Waals surface area contributed by atoms with Crippen LogP contribution in [0.4, 0.5) is 23.2 Å². The molecule has 0 radical (unpaired) electrons. The number of hydrogen-bond acceptors (Lipinski definition) is 4. The van der Waals surface area contributed by atoms with Crippen molar-refractivity contribution >= 4 is 52.6 Å². The lowest BCUT2D eigenvalue weighted by Gasteiger charge is -2.18. The van der Waals surface area contributed by atoms with Crippen molar-refractivity contribution in [2.45, 2.75) is 15.1 Å². The maximum absolute atomic E-state index is 13.2. The summed E-state index contributed by atoms with van der Waals surface area (Å²) in [7, 11) is 0. The van der Waals surface area contributed by atoms with Gasteiger partial charge in [-0.1, -0.05) is 41.0 Å². The highest BCUT2D eigenvalue weighted by Crippen LogP contribution is 2.45. The molecule has 0 saturated heterocycles. The minimum atomic E-state index is -4.92. The van der Waals surface area contributed by atoms with Gasteiger partial charge in [0.05, 0.1) is 11.3 Å². The van der Waals surface area contributed by atoms with E-state index >= 15 is 0 Å². The molecule has 0 aliphatic rings. The summed E-state index contributed by atoms with van der Waals surface area (Å²) >= 11 is 10.2. The highest BCUT2D eigenvalue weighted by Gasteiger charge is 2.33. The first kappa shape index (κ1) is 17.8. The molecular formula is C10H4Cl2F4N2O2S. The Hall–Kier alpha value is -1.28. The van der Waals surface area contributed by atoms with Crippen LogP contribution in [0.2, 0.25) is 0 Å². The first-order valence-electron chi connectivity index (χ1n) is 4.89. The first-order chi connectivity index (χ1) is 9.53. The number of thioether (sulfide) groups is 1. The fourth-order valence-electron chi connectivity index (χ4n) is 1.29. The van der Waals surface area contributed by atoms with Crippen LogP contribution in [-0.2, 0) is 4.79 Å². The summed E-state index contributed by atoms with van der Waals surface area (Å²) in [4.78, 5) is 23.8. The van der Waals surface area contributed by atoms with Gasteiger partial charge in [0, 0.05) is 4.90 Å². The molecule has 0 heterocycles. The van der Waals surface area contributed by atoms with E-state index in [-0.39, 0.29) is 11.8 Å². The Labute approximate surface area is 129 Å². The summed E-state index contributed by atoms with van der Waals surface area (Å²) in [5, 5.41) is 1.06. The van der Waals surface area contributed by atoms with Crippen molar-refractivity contribution in [3.8, 4) is 0 Å². The van der Waals surface area contributed by atoms with E-state index in [9.17, 15) is 27.2 Å². The van der Waals surface area contributed by atoms with Gasteiger partial charge in [-0.3, -0.25) is 10.1 Å². The zero-order valence-electron chi connectivity index (χ0n) is 9.67. The van der Waals surface area contributed by atoms with Gasteiger partial charge in [0.15, 0.2) is 0 Å². The van der Waals surface area contributed by atoms with Gasteiger partial charge in [0.2, 0.25) is 6.08 Å². The van der Waals surface area contributed by atoms with Crippen LogP contribution >= 0.6 is 35.0 Å². The molecule has 0 aliphatic carbocycles. The molecule has 1 aromatic rings. The number of hydrogen-bond donors (Lipinski definition) is 1. The van der Waals surface area contributed by atoms with E-state index in [1.807, 2.05) is 0 Å². The summed E-state index contributed by atoms with van der Waals surface area (Å²) < 4.78 is 47.7. The molecular weight excluding hydrogens is 359 g/mol. The van der Waals surface area contributed by atoms with Gasteiger partial charge in [0.25, 0.3) is 5.91 Å². The van der Waals surface area contributed by atoms with Crippen LogP contribution in [-0.4, -0.2) is 22.2 Å². The number of aliphatic imine (C=N–C) groups is 1. The number of amides is 1. The second kappa shape index (κ2) is 6.65. The maximum atomic E-state index is 13.2. The largest absolute Gasteiger partial charge is 0.482 e. The lowest BCUT2D eigenvalue weighted by Crippen LogP contribution is -2.23. The van der Waals surface area contributed by atoms with Crippen LogP contribution in [0.25, 0.3) is 0 Å². The molecule has 21 heavy (non-hydrogen) atoms. The fraction of sp³-hybridized carbons (Fsp3) is 0.200. The van der Waals surface area contributed by atoms with E-state index in [2.05, 4.69) is 4.99 Å². The Balaban J connectivity index is 3.40. The fourth-order valence-corrected chi connectivity index (χ4v) is 2.45. The number of nitrogens with zero attached hydrogens (tertiary/aromatic N) is 1. The van der Waals surface area contributed by atoms with Gasteiger partial charge < -0.3 is 0 Å². The van der Waals surface area contributed by atoms with Crippen LogP contribution < -0.4 is 5.32 Å². The minimum absolute atomic E-state index is 0.0270. The van der Waals surface area contributed by atoms with E-state index in [0.29, 0.717) is 0 Å². The highest BCUT2D eigenvalue weighted by atomic mass is 35.5. The average molecular weight is 363 g/mol. The van der Waals surface area contributed by atoms with Crippen molar-refractivity contribution in [2.24, 2.45) is 4.99 Å². The average Bonchev–Trinajstić information content (AvgIpc) is 2.28. The van der Waals surface area contributed by atoms with Gasteiger partial charge in [-0.15, -0.1) is 4.99 Å². The summed E-state index contributed by atoms with van der Waals surface area (Å²) in [5.74, 6) is -1.28. The monoisotopic (exact) mass is 362 g/mol. The highest BCUT2D eigenvalue weighted by molar-refractivity contribution is 8.03. The molecule has 0 saturated carbocycles. The summed E-state index contributed by atoms with van der Waals surface area (Å²) in [5.41, 5.74) is -1.43. The third-order valence-electron chi connectivity index (χ3n) is 1.90. The number of carbonyl (C=O) groups is 1. The molecule has 1 N–H and O–H groups in total. The predicted octanol–water partition coefficient (Wildman–Crippen LogP) is 4.24. The number of isocyanates is 1. The van der Waals surface area contributed by atoms with Crippen LogP contribution in [0.15, 0.2) is 28.1 Å². The van der Waals surface area contributed by atoms with Crippen molar-refractivity contribution in [3.05, 3.63) is 23.8 Å².